The smallest absolute Gasteiger partial charge is 0.249 e. The van der Waals surface area contributed by atoms with Gasteiger partial charge in [0, 0.05) is 19.4 Å². The summed E-state index contributed by atoms with van der Waals surface area (Å²) < 4.78 is 11.6. The average Bonchev–Trinajstić information content (AvgIpc) is 2.65. The Balaban J connectivity index is 1.32. The van der Waals surface area contributed by atoms with Gasteiger partial charge in [-0.3, -0.25) is 4.79 Å². The summed E-state index contributed by atoms with van der Waals surface area (Å²) in [5.41, 5.74) is 4.93. The van der Waals surface area contributed by atoms with Gasteiger partial charge in [-0.05, 0) is 22.3 Å². The fourth-order valence-corrected chi connectivity index (χ4v) is 3.38. The van der Waals surface area contributed by atoms with Crippen LogP contribution in [-0.2, 0) is 40.3 Å². The third-order valence-electron chi connectivity index (χ3n) is 4.80. The molecule has 1 amide bonds. The van der Waals surface area contributed by atoms with E-state index in [0.717, 1.165) is 6.42 Å². The summed E-state index contributed by atoms with van der Waals surface area (Å²) in [4.78, 5) is 12.4. The second kappa shape index (κ2) is 6.75. The molecule has 4 heteroatoms. The SMILES string of the molecule is O=C(NCC1Cc2ccccc2CO1)C1Cc2ccccc2CO1. The van der Waals surface area contributed by atoms with Gasteiger partial charge in [0.2, 0.25) is 5.91 Å². The zero-order valence-corrected chi connectivity index (χ0v) is 13.5. The molecule has 4 nitrogen and oxygen atoms in total. The third kappa shape index (κ3) is 3.21. The first-order chi connectivity index (χ1) is 11.8. The predicted octanol–water partition coefficient (Wildman–Crippen LogP) is 2.39. The average molecular weight is 323 g/mol. The van der Waals surface area contributed by atoms with Gasteiger partial charge in [-0.25, -0.2) is 0 Å². The topological polar surface area (TPSA) is 47.6 Å². The zero-order chi connectivity index (χ0) is 16.4. The molecule has 0 aliphatic carbocycles. The Kier molecular flexibility index (Phi) is 4.32. The maximum Gasteiger partial charge on any atom is 0.249 e. The van der Waals surface area contributed by atoms with Crippen LogP contribution in [0.25, 0.3) is 0 Å². The van der Waals surface area contributed by atoms with Crippen LogP contribution >= 0.6 is 0 Å². The van der Waals surface area contributed by atoms with Gasteiger partial charge in [0.15, 0.2) is 0 Å². The summed E-state index contributed by atoms with van der Waals surface area (Å²) in [6, 6.07) is 16.4. The van der Waals surface area contributed by atoms with E-state index in [1.807, 2.05) is 24.3 Å². The Morgan fingerprint density at radius 3 is 2.17 bits per heavy atom. The number of carbonyl (C=O) groups is 1. The molecule has 0 radical (unpaired) electrons. The first kappa shape index (κ1) is 15.4. The summed E-state index contributed by atoms with van der Waals surface area (Å²) >= 11 is 0. The van der Waals surface area contributed by atoms with Gasteiger partial charge in [-0.2, -0.15) is 0 Å². The highest BCUT2D eigenvalue weighted by Crippen LogP contribution is 2.21. The minimum atomic E-state index is -0.407. The van der Waals surface area contributed by atoms with Crippen LogP contribution in [0.4, 0.5) is 0 Å². The number of nitrogens with one attached hydrogen (secondary N) is 1. The van der Waals surface area contributed by atoms with Crippen molar-refractivity contribution in [2.75, 3.05) is 6.54 Å². The first-order valence-electron chi connectivity index (χ1n) is 8.44. The van der Waals surface area contributed by atoms with Crippen LogP contribution < -0.4 is 5.32 Å². The number of carbonyl (C=O) groups excluding carboxylic acids is 1. The fraction of sp³-hybridized carbons (Fsp3) is 0.350. The van der Waals surface area contributed by atoms with Crippen LogP contribution in [0, 0.1) is 0 Å². The van der Waals surface area contributed by atoms with E-state index in [9.17, 15) is 4.79 Å². The molecule has 2 heterocycles. The largest absolute Gasteiger partial charge is 0.371 e. The standard InChI is InChI=1S/C20H21NO3/c22-20(19-10-15-6-2-4-8-17(15)13-24-19)21-11-18-9-14-5-1-3-7-16(14)12-23-18/h1-8,18-19H,9-13H2,(H,21,22). The lowest BCUT2D eigenvalue weighted by atomic mass is 9.98. The van der Waals surface area contributed by atoms with Gasteiger partial charge in [0.05, 0.1) is 19.3 Å². The Labute approximate surface area is 141 Å². The van der Waals surface area contributed by atoms with Crippen LogP contribution in [0.15, 0.2) is 48.5 Å². The normalized spacial score (nSPS) is 22.3. The van der Waals surface area contributed by atoms with Crippen molar-refractivity contribution in [1.29, 1.82) is 0 Å². The zero-order valence-electron chi connectivity index (χ0n) is 13.5. The Hall–Kier alpha value is -2.17. The number of ether oxygens (including phenoxy) is 2. The molecule has 2 atom stereocenters. The highest BCUT2D eigenvalue weighted by molar-refractivity contribution is 5.81. The van der Waals surface area contributed by atoms with E-state index in [2.05, 4.69) is 29.6 Å². The lowest BCUT2D eigenvalue weighted by Crippen LogP contribution is -2.44. The molecule has 0 saturated heterocycles. The van der Waals surface area contributed by atoms with Crippen molar-refractivity contribution in [2.24, 2.45) is 0 Å². The van der Waals surface area contributed by atoms with Crippen molar-refractivity contribution in [3.8, 4) is 0 Å². The van der Waals surface area contributed by atoms with E-state index in [0.29, 0.717) is 26.2 Å². The number of rotatable bonds is 3. The number of amides is 1. The van der Waals surface area contributed by atoms with Crippen molar-refractivity contribution >= 4 is 5.91 Å². The number of fused-ring (bicyclic) bond motifs is 2. The van der Waals surface area contributed by atoms with E-state index in [1.165, 1.54) is 22.3 Å². The van der Waals surface area contributed by atoms with Gasteiger partial charge in [-0.1, -0.05) is 48.5 Å². The molecule has 2 aromatic carbocycles. The van der Waals surface area contributed by atoms with E-state index in [-0.39, 0.29) is 12.0 Å². The first-order valence-corrected chi connectivity index (χ1v) is 8.44. The minimum Gasteiger partial charge on any atom is -0.371 e. The maximum absolute atomic E-state index is 12.4. The van der Waals surface area contributed by atoms with Crippen LogP contribution in [0.3, 0.4) is 0 Å². The number of benzene rings is 2. The highest BCUT2D eigenvalue weighted by Gasteiger charge is 2.26. The lowest BCUT2D eigenvalue weighted by molar-refractivity contribution is -0.135. The molecule has 124 valence electrons. The predicted molar refractivity (Wildman–Crippen MR) is 90.5 cm³/mol. The van der Waals surface area contributed by atoms with E-state index in [1.54, 1.807) is 0 Å². The number of hydrogen-bond donors (Lipinski definition) is 1. The van der Waals surface area contributed by atoms with Crippen molar-refractivity contribution in [3.05, 3.63) is 70.8 Å². The van der Waals surface area contributed by atoms with E-state index < -0.39 is 6.10 Å². The van der Waals surface area contributed by atoms with Gasteiger partial charge in [-0.15, -0.1) is 0 Å². The third-order valence-corrected chi connectivity index (χ3v) is 4.80. The number of hydrogen-bond acceptors (Lipinski definition) is 3. The summed E-state index contributed by atoms with van der Waals surface area (Å²) in [5, 5.41) is 2.99. The molecule has 0 bridgehead atoms. The lowest BCUT2D eigenvalue weighted by Gasteiger charge is -2.27. The molecular formula is C20H21NO3. The van der Waals surface area contributed by atoms with Gasteiger partial charge < -0.3 is 14.8 Å². The highest BCUT2D eigenvalue weighted by atomic mass is 16.5. The van der Waals surface area contributed by atoms with Crippen molar-refractivity contribution in [3.63, 3.8) is 0 Å². The molecule has 2 aromatic rings. The molecule has 2 unspecified atom stereocenters. The fourth-order valence-electron chi connectivity index (χ4n) is 3.38. The maximum atomic E-state index is 12.4. The van der Waals surface area contributed by atoms with Crippen molar-refractivity contribution in [2.45, 2.75) is 38.3 Å². The summed E-state index contributed by atoms with van der Waals surface area (Å²) in [6.45, 7) is 1.64. The van der Waals surface area contributed by atoms with E-state index >= 15 is 0 Å². The van der Waals surface area contributed by atoms with Crippen LogP contribution in [0.2, 0.25) is 0 Å². The van der Waals surface area contributed by atoms with Crippen molar-refractivity contribution < 1.29 is 14.3 Å². The molecule has 0 saturated carbocycles. The summed E-state index contributed by atoms with van der Waals surface area (Å²) in [6.07, 6.45) is 1.09. The van der Waals surface area contributed by atoms with Crippen LogP contribution in [0.1, 0.15) is 22.3 Å². The van der Waals surface area contributed by atoms with Crippen LogP contribution in [-0.4, -0.2) is 24.7 Å². The molecule has 1 N–H and O–H groups in total. The van der Waals surface area contributed by atoms with Gasteiger partial charge in [0.1, 0.15) is 6.10 Å². The van der Waals surface area contributed by atoms with Gasteiger partial charge >= 0.3 is 0 Å². The van der Waals surface area contributed by atoms with Gasteiger partial charge in [0.25, 0.3) is 0 Å². The second-order valence-electron chi connectivity index (χ2n) is 6.42. The molecule has 24 heavy (non-hydrogen) atoms. The molecule has 0 spiro atoms. The van der Waals surface area contributed by atoms with Crippen molar-refractivity contribution in [1.82, 2.24) is 5.32 Å². The summed E-state index contributed by atoms with van der Waals surface area (Å²) in [5.74, 6) is -0.0491. The Morgan fingerprint density at radius 1 is 0.875 bits per heavy atom. The monoisotopic (exact) mass is 323 g/mol. The quantitative estimate of drug-likeness (QED) is 0.943. The van der Waals surface area contributed by atoms with Crippen LogP contribution in [0.5, 0.6) is 0 Å². The second-order valence-corrected chi connectivity index (χ2v) is 6.42. The molecule has 4 rings (SSSR count). The minimum absolute atomic E-state index is 0.0275. The Bertz CT molecular complexity index is 743. The molecule has 0 aromatic heterocycles. The Morgan fingerprint density at radius 2 is 1.46 bits per heavy atom. The summed E-state index contributed by atoms with van der Waals surface area (Å²) in [7, 11) is 0. The molecular weight excluding hydrogens is 302 g/mol. The molecule has 0 fully saturated rings. The molecule has 2 aliphatic rings. The van der Waals surface area contributed by atoms with E-state index in [4.69, 9.17) is 9.47 Å². The molecule has 2 aliphatic heterocycles.